The summed E-state index contributed by atoms with van der Waals surface area (Å²) in [5.74, 6) is -0.275. The molecule has 1 saturated heterocycles. The highest BCUT2D eigenvalue weighted by Gasteiger charge is 2.32. The van der Waals surface area contributed by atoms with Crippen LogP contribution in [0.1, 0.15) is 66.2 Å². The van der Waals surface area contributed by atoms with E-state index >= 15 is 0 Å². The third-order valence-electron chi connectivity index (χ3n) is 6.92. The number of piperidine rings is 1. The molecule has 2 N–H and O–H groups in total. The monoisotopic (exact) mass is 541 g/mol. The fraction of sp³-hybridized carbons (Fsp3) is 0.393. The number of carboxylic acids is 1. The van der Waals surface area contributed by atoms with Crippen molar-refractivity contribution in [2.75, 3.05) is 20.2 Å². The smallest absolute Gasteiger partial charge is 0.339 e. The van der Waals surface area contributed by atoms with Crippen LogP contribution in [0.2, 0.25) is 5.02 Å². The molecule has 1 aliphatic heterocycles. The third kappa shape index (κ3) is 5.79. The second kappa shape index (κ2) is 11.9. The summed E-state index contributed by atoms with van der Waals surface area (Å²) in [6, 6.07) is 9.85. The maximum absolute atomic E-state index is 12.6. The van der Waals surface area contributed by atoms with Crippen molar-refractivity contribution in [1.29, 1.82) is 0 Å². The number of ether oxygens (including phenoxy) is 2. The minimum absolute atomic E-state index is 0.0207. The molecule has 0 aliphatic carbocycles. The highest BCUT2D eigenvalue weighted by atomic mass is 35.5. The number of benzene rings is 2. The Morgan fingerprint density at radius 1 is 1.24 bits per heavy atom. The molecule has 0 spiro atoms. The van der Waals surface area contributed by atoms with Crippen LogP contribution in [0.3, 0.4) is 0 Å². The van der Waals surface area contributed by atoms with Crippen LogP contribution in [0.25, 0.3) is 0 Å². The highest BCUT2D eigenvalue weighted by Crippen LogP contribution is 2.44. The molecule has 2 atom stereocenters. The zero-order valence-corrected chi connectivity index (χ0v) is 22.5. The lowest BCUT2D eigenvalue weighted by Crippen LogP contribution is -2.43. The summed E-state index contributed by atoms with van der Waals surface area (Å²) in [6.07, 6.45) is 4.95. The van der Waals surface area contributed by atoms with Gasteiger partial charge in [-0.2, -0.15) is 0 Å². The number of carbonyl (C=O) groups is 1. The molecule has 0 radical (unpaired) electrons. The van der Waals surface area contributed by atoms with Crippen molar-refractivity contribution in [2.45, 2.75) is 51.6 Å². The van der Waals surface area contributed by atoms with Crippen molar-refractivity contribution in [3.8, 4) is 17.2 Å². The zero-order chi connectivity index (χ0) is 27.4. The molecular weight excluding hydrogens is 510 g/mol. The number of rotatable bonds is 9. The van der Waals surface area contributed by atoms with E-state index in [-0.39, 0.29) is 29.0 Å². The quantitative estimate of drug-likeness (QED) is 0.384. The van der Waals surface area contributed by atoms with E-state index in [1.165, 1.54) is 7.11 Å². The van der Waals surface area contributed by atoms with E-state index < -0.39 is 11.7 Å². The van der Waals surface area contributed by atoms with Crippen molar-refractivity contribution in [3.63, 3.8) is 0 Å². The van der Waals surface area contributed by atoms with Gasteiger partial charge in [-0.15, -0.1) is 0 Å². The van der Waals surface area contributed by atoms with Gasteiger partial charge in [0, 0.05) is 34.9 Å². The standard InChI is InChI=1S/C28H32ClN3O6/c1-4-7-23(31-13-6-9-19(16-31)32-15-17(2)26(33)30-28(32)36)21-11-12-22(27(34)35)25(24(21)37-3)38-20-10-5-8-18(29)14-20/h5,8,10-12,14-15,19,23H,4,6-7,9,13,16H2,1-3H3,(H,34,35)(H,30,33,36)/t19-,23+/m0/s1. The van der Waals surface area contributed by atoms with E-state index in [4.69, 9.17) is 21.1 Å². The van der Waals surface area contributed by atoms with Crippen LogP contribution in [-0.2, 0) is 0 Å². The number of methoxy groups -OCH3 is 1. The molecule has 9 nitrogen and oxygen atoms in total. The number of halogens is 1. The fourth-order valence-electron chi connectivity index (χ4n) is 5.13. The first-order chi connectivity index (χ1) is 18.2. The van der Waals surface area contributed by atoms with E-state index in [1.54, 1.807) is 54.1 Å². The molecule has 1 aliphatic rings. The lowest BCUT2D eigenvalue weighted by molar-refractivity contribution is 0.0693. The van der Waals surface area contributed by atoms with Crippen molar-refractivity contribution >= 4 is 17.6 Å². The van der Waals surface area contributed by atoms with Crippen molar-refractivity contribution < 1.29 is 19.4 Å². The first kappa shape index (κ1) is 27.5. The predicted molar refractivity (Wildman–Crippen MR) is 145 cm³/mol. The number of aryl methyl sites for hydroxylation is 1. The van der Waals surface area contributed by atoms with Gasteiger partial charge in [0.15, 0.2) is 11.5 Å². The van der Waals surface area contributed by atoms with Gasteiger partial charge in [0.2, 0.25) is 0 Å². The van der Waals surface area contributed by atoms with Gasteiger partial charge in [0.1, 0.15) is 11.3 Å². The summed E-state index contributed by atoms with van der Waals surface area (Å²) in [6.45, 7) is 5.16. The number of likely N-dealkylation sites (tertiary alicyclic amines) is 1. The summed E-state index contributed by atoms with van der Waals surface area (Å²) in [4.78, 5) is 41.3. The lowest BCUT2D eigenvalue weighted by Gasteiger charge is -2.39. The Labute approximate surface area is 225 Å². The number of hydrogen-bond donors (Lipinski definition) is 2. The molecule has 1 fully saturated rings. The maximum atomic E-state index is 12.6. The van der Waals surface area contributed by atoms with Crippen LogP contribution in [-0.4, -0.2) is 45.7 Å². The number of H-pyrrole nitrogens is 1. The van der Waals surface area contributed by atoms with Gasteiger partial charge in [-0.25, -0.2) is 9.59 Å². The Bertz CT molecular complexity index is 1430. The zero-order valence-electron chi connectivity index (χ0n) is 21.7. The van der Waals surface area contributed by atoms with Gasteiger partial charge >= 0.3 is 11.7 Å². The van der Waals surface area contributed by atoms with Crippen LogP contribution >= 0.6 is 11.6 Å². The SMILES string of the molecule is CCC[C@H](c1ccc(C(=O)O)c(Oc2cccc(Cl)c2)c1OC)N1CCC[C@H](n2cc(C)c(=O)[nH]c2=O)C1. The number of nitrogens with zero attached hydrogens (tertiary/aromatic N) is 2. The average Bonchev–Trinajstić information content (AvgIpc) is 2.89. The Kier molecular flexibility index (Phi) is 8.58. The molecule has 38 heavy (non-hydrogen) atoms. The van der Waals surface area contributed by atoms with E-state index in [0.717, 1.165) is 37.8 Å². The summed E-state index contributed by atoms with van der Waals surface area (Å²) < 4.78 is 13.5. The molecule has 0 amide bonds. The van der Waals surface area contributed by atoms with E-state index in [1.807, 2.05) is 0 Å². The minimum atomic E-state index is -1.13. The Hall–Kier alpha value is -3.56. The molecule has 0 saturated carbocycles. The molecule has 0 bridgehead atoms. The molecular formula is C28H32ClN3O6. The van der Waals surface area contributed by atoms with Gasteiger partial charge in [-0.3, -0.25) is 19.2 Å². The topological polar surface area (TPSA) is 114 Å². The maximum Gasteiger partial charge on any atom is 0.339 e. The summed E-state index contributed by atoms with van der Waals surface area (Å²) in [5, 5.41) is 10.4. The first-order valence-corrected chi connectivity index (χ1v) is 13.0. The van der Waals surface area contributed by atoms with Gasteiger partial charge < -0.3 is 14.6 Å². The third-order valence-corrected chi connectivity index (χ3v) is 7.16. The normalized spacial score (nSPS) is 16.7. The molecule has 2 heterocycles. The molecule has 10 heteroatoms. The number of aromatic amines is 1. The average molecular weight is 542 g/mol. The highest BCUT2D eigenvalue weighted by molar-refractivity contribution is 6.30. The fourth-order valence-corrected chi connectivity index (χ4v) is 5.31. The van der Waals surface area contributed by atoms with Gasteiger partial charge in [-0.1, -0.05) is 37.1 Å². The second-order valence-corrected chi connectivity index (χ2v) is 9.94. The van der Waals surface area contributed by atoms with E-state index in [0.29, 0.717) is 28.6 Å². The van der Waals surface area contributed by atoms with Gasteiger partial charge in [-0.05, 0) is 57.0 Å². The van der Waals surface area contributed by atoms with Crippen LogP contribution in [0.5, 0.6) is 17.2 Å². The molecule has 0 unspecified atom stereocenters. The largest absolute Gasteiger partial charge is 0.492 e. The Balaban J connectivity index is 1.75. The second-order valence-electron chi connectivity index (χ2n) is 9.50. The van der Waals surface area contributed by atoms with Crippen molar-refractivity contribution in [1.82, 2.24) is 14.5 Å². The number of aromatic carboxylic acids is 1. The molecule has 2 aromatic carbocycles. The van der Waals surface area contributed by atoms with Crippen LogP contribution in [0.15, 0.2) is 52.2 Å². The number of aromatic nitrogens is 2. The van der Waals surface area contributed by atoms with Crippen LogP contribution in [0, 0.1) is 6.92 Å². The Morgan fingerprint density at radius 3 is 2.71 bits per heavy atom. The van der Waals surface area contributed by atoms with Crippen LogP contribution < -0.4 is 20.7 Å². The van der Waals surface area contributed by atoms with Crippen molar-refractivity contribution in [2.24, 2.45) is 0 Å². The summed E-state index contributed by atoms with van der Waals surface area (Å²) in [7, 11) is 1.50. The summed E-state index contributed by atoms with van der Waals surface area (Å²) >= 11 is 6.13. The number of nitrogens with one attached hydrogen (secondary N) is 1. The number of hydrogen-bond acceptors (Lipinski definition) is 6. The first-order valence-electron chi connectivity index (χ1n) is 12.7. The minimum Gasteiger partial charge on any atom is -0.492 e. The van der Waals surface area contributed by atoms with Crippen molar-refractivity contribution in [3.05, 3.63) is 85.1 Å². The molecule has 3 aromatic rings. The van der Waals surface area contributed by atoms with Crippen LogP contribution in [0.4, 0.5) is 0 Å². The van der Waals surface area contributed by atoms with Gasteiger partial charge in [0.25, 0.3) is 5.56 Å². The molecule has 4 rings (SSSR count). The molecule has 1 aromatic heterocycles. The van der Waals surface area contributed by atoms with Gasteiger partial charge in [0.05, 0.1) is 13.2 Å². The van der Waals surface area contributed by atoms with E-state index in [9.17, 15) is 19.5 Å². The lowest BCUT2D eigenvalue weighted by atomic mass is 9.94. The summed E-state index contributed by atoms with van der Waals surface area (Å²) in [5.41, 5.74) is 0.480. The molecule has 202 valence electrons. The predicted octanol–water partition coefficient (Wildman–Crippen LogP) is 5.18. The Morgan fingerprint density at radius 2 is 2.03 bits per heavy atom. The van der Waals surface area contributed by atoms with E-state index in [2.05, 4.69) is 16.8 Å². The number of carboxylic acid groups (broad SMARTS) is 1.